The number of anilines is 1. The van der Waals surface area contributed by atoms with Crippen molar-refractivity contribution in [2.45, 2.75) is 30.0 Å². The van der Waals surface area contributed by atoms with E-state index in [9.17, 15) is 24.2 Å². The average molecular weight is 657 g/mol. The molecular formula is C29H23BrFN3O5S2. The number of thioether (sulfide) groups is 1. The molecule has 210 valence electrons. The number of aryl methyl sites for hydroxylation is 2. The van der Waals surface area contributed by atoms with Crippen LogP contribution >= 0.6 is 39.0 Å². The van der Waals surface area contributed by atoms with Crippen molar-refractivity contribution in [3.05, 3.63) is 98.3 Å². The van der Waals surface area contributed by atoms with E-state index in [1.54, 1.807) is 37.3 Å². The lowest BCUT2D eigenvalue weighted by molar-refractivity contribution is -0.132. The van der Waals surface area contributed by atoms with Gasteiger partial charge in [-0.1, -0.05) is 59.0 Å². The van der Waals surface area contributed by atoms with E-state index in [0.29, 0.717) is 26.6 Å². The highest BCUT2D eigenvalue weighted by atomic mass is 79.9. The number of methoxy groups -OCH3 is 1. The predicted molar refractivity (Wildman–Crippen MR) is 159 cm³/mol. The number of hydrogen-bond donors (Lipinski definition) is 2. The number of halogens is 2. The molecule has 1 fully saturated rings. The van der Waals surface area contributed by atoms with E-state index in [0.717, 1.165) is 16.9 Å². The maximum absolute atomic E-state index is 14.1. The van der Waals surface area contributed by atoms with Gasteiger partial charge in [0.15, 0.2) is 15.8 Å². The Morgan fingerprint density at radius 2 is 1.90 bits per heavy atom. The third-order valence-corrected chi connectivity index (χ3v) is 9.30. The van der Waals surface area contributed by atoms with Crippen LogP contribution in [0.2, 0.25) is 0 Å². The van der Waals surface area contributed by atoms with Gasteiger partial charge in [0.1, 0.15) is 11.6 Å². The fourth-order valence-corrected chi connectivity index (χ4v) is 6.82. The van der Waals surface area contributed by atoms with Crippen molar-refractivity contribution in [1.29, 1.82) is 0 Å². The summed E-state index contributed by atoms with van der Waals surface area (Å²) in [6.07, 6.45) is 0. The molecule has 2 N–H and O–H groups in total. The van der Waals surface area contributed by atoms with Gasteiger partial charge in [0.05, 0.1) is 23.2 Å². The maximum Gasteiger partial charge on any atom is 0.301 e. The quantitative estimate of drug-likeness (QED) is 0.0745. The zero-order valence-electron chi connectivity index (χ0n) is 22.0. The highest BCUT2D eigenvalue weighted by molar-refractivity contribution is 9.10. The largest absolute Gasteiger partial charge is 0.507 e. The van der Waals surface area contributed by atoms with Gasteiger partial charge in [-0.15, -0.1) is 10.2 Å². The van der Waals surface area contributed by atoms with Crippen LogP contribution in [0.3, 0.4) is 0 Å². The van der Waals surface area contributed by atoms with Crippen molar-refractivity contribution >= 4 is 61.6 Å². The number of aliphatic hydroxyl groups excluding tert-OH is 1. The van der Waals surface area contributed by atoms with Gasteiger partial charge >= 0.3 is 5.91 Å². The SMILES string of the molecule is COc1cc(C2C(=C(O)c3cc(C)ccc3C)C(=O)C(=O)N2c2nnc(SCc3ccccc3F)s2)cc(Br)c1O. The molecule has 12 heteroatoms. The highest BCUT2D eigenvalue weighted by Gasteiger charge is 2.49. The first kappa shape index (κ1) is 28.8. The van der Waals surface area contributed by atoms with Gasteiger partial charge in [0.25, 0.3) is 5.78 Å². The molecule has 1 aliphatic heterocycles. The number of aromatic nitrogens is 2. The van der Waals surface area contributed by atoms with Gasteiger partial charge in [-0.2, -0.15) is 0 Å². The van der Waals surface area contributed by atoms with Crippen LogP contribution < -0.4 is 9.64 Å². The number of rotatable bonds is 7. The standard InChI is InChI=1S/C29H23BrFN3O5S2/c1-14-8-9-15(2)18(10-14)24(35)22-23(17-11-19(30)25(36)21(12-17)39-3)34(27(38)26(22)37)28-32-33-29(41-28)40-13-16-6-4-5-7-20(16)31/h4-12,23,35-36H,13H2,1-3H3. The van der Waals surface area contributed by atoms with Gasteiger partial charge in [0, 0.05) is 11.3 Å². The molecule has 0 radical (unpaired) electrons. The summed E-state index contributed by atoms with van der Waals surface area (Å²) in [7, 11) is 1.38. The van der Waals surface area contributed by atoms with Crippen molar-refractivity contribution in [3.8, 4) is 11.5 Å². The number of amides is 1. The van der Waals surface area contributed by atoms with Crippen LogP contribution in [0.1, 0.15) is 33.9 Å². The number of ketones is 1. The first-order chi connectivity index (χ1) is 19.6. The molecule has 1 atom stereocenters. The number of ether oxygens (including phenoxy) is 1. The Morgan fingerprint density at radius 1 is 1.15 bits per heavy atom. The van der Waals surface area contributed by atoms with Crippen molar-refractivity contribution in [2.24, 2.45) is 0 Å². The molecule has 0 aliphatic carbocycles. The van der Waals surface area contributed by atoms with Crippen molar-refractivity contribution in [1.82, 2.24) is 10.2 Å². The second kappa shape index (κ2) is 11.6. The Bertz CT molecular complexity index is 1720. The number of aliphatic hydroxyl groups is 1. The van der Waals surface area contributed by atoms with Crippen LogP contribution in [0.4, 0.5) is 9.52 Å². The molecule has 1 aromatic heterocycles. The van der Waals surface area contributed by atoms with E-state index in [1.807, 2.05) is 19.1 Å². The molecule has 0 spiro atoms. The van der Waals surface area contributed by atoms with E-state index >= 15 is 0 Å². The van der Waals surface area contributed by atoms with Crippen LogP contribution in [0.15, 0.2) is 69.0 Å². The molecule has 1 amide bonds. The smallest absolute Gasteiger partial charge is 0.301 e. The number of phenolic OH excluding ortho intramolecular Hbond substituents is 1. The molecule has 0 saturated carbocycles. The molecule has 1 saturated heterocycles. The van der Waals surface area contributed by atoms with E-state index in [1.165, 1.54) is 35.9 Å². The lowest BCUT2D eigenvalue weighted by Gasteiger charge is -2.23. The van der Waals surface area contributed by atoms with E-state index < -0.39 is 17.7 Å². The minimum Gasteiger partial charge on any atom is -0.507 e. The Hall–Kier alpha value is -3.74. The van der Waals surface area contributed by atoms with Gasteiger partial charge in [-0.25, -0.2) is 4.39 Å². The summed E-state index contributed by atoms with van der Waals surface area (Å²) in [5, 5.41) is 30.4. The molecule has 1 unspecified atom stereocenters. The van der Waals surface area contributed by atoms with E-state index in [4.69, 9.17) is 4.74 Å². The molecule has 3 aromatic carbocycles. The summed E-state index contributed by atoms with van der Waals surface area (Å²) >= 11 is 5.62. The molecule has 5 rings (SSSR count). The third-order valence-electron chi connectivity index (χ3n) is 6.59. The first-order valence-corrected chi connectivity index (χ1v) is 14.8. The van der Waals surface area contributed by atoms with Crippen molar-refractivity contribution in [2.75, 3.05) is 12.0 Å². The van der Waals surface area contributed by atoms with Crippen molar-refractivity contribution in [3.63, 3.8) is 0 Å². The van der Waals surface area contributed by atoms with Crippen LogP contribution in [-0.2, 0) is 15.3 Å². The molecule has 8 nitrogen and oxygen atoms in total. The topological polar surface area (TPSA) is 113 Å². The second-order valence-electron chi connectivity index (χ2n) is 9.27. The van der Waals surface area contributed by atoms with Crippen LogP contribution in [-0.4, -0.2) is 39.2 Å². The summed E-state index contributed by atoms with van der Waals surface area (Å²) in [6.45, 7) is 3.65. The van der Waals surface area contributed by atoms with Crippen LogP contribution in [0.25, 0.3) is 5.76 Å². The number of hydrogen-bond acceptors (Lipinski definition) is 9. The zero-order valence-corrected chi connectivity index (χ0v) is 25.2. The van der Waals surface area contributed by atoms with Gasteiger partial charge in [-0.05, 0) is 70.7 Å². The van der Waals surface area contributed by atoms with Gasteiger partial charge < -0.3 is 14.9 Å². The van der Waals surface area contributed by atoms with Crippen LogP contribution in [0.5, 0.6) is 11.5 Å². The Labute approximate surface area is 251 Å². The number of carbonyl (C=O) groups excluding carboxylic acids is 2. The summed E-state index contributed by atoms with van der Waals surface area (Å²) in [5.41, 5.74) is 2.72. The number of phenols is 1. The lowest BCUT2D eigenvalue weighted by Crippen LogP contribution is -2.29. The number of aromatic hydroxyl groups is 1. The zero-order chi connectivity index (χ0) is 29.4. The second-order valence-corrected chi connectivity index (χ2v) is 12.3. The van der Waals surface area contributed by atoms with Crippen LogP contribution in [0, 0.1) is 19.7 Å². The number of nitrogens with zero attached hydrogens (tertiary/aromatic N) is 3. The summed E-state index contributed by atoms with van der Waals surface area (Å²) in [5.74, 6) is -2.24. The first-order valence-electron chi connectivity index (χ1n) is 12.3. The minimum absolute atomic E-state index is 0.102. The fraction of sp³-hybridized carbons (Fsp3) is 0.172. The molecular weight excluding hydrogens is 633 g/mol. The highest BCUT2D eigenvalue weighted by Crippen LogP contribution is 2.47. The number of Topliss-reactive ketones (excluding diaryl/α,β-unsaturated/α-hetero) is 1. The Kier molecular flexibility index (Phi) is 8.16. The Balaban J connectivity index is 1.63. The number of benzene rings is 3. The van der Waals surface area contributed by atoms with Crippen molar-refractivity contribution < 1.29 is 28.9 Å². The summed E-state index contributed by atoms with van der Waals surface area (Å²) in [4.78, 5) is 28.3. The summed E-state index contributed by atoms with van der Waals surface area (Å²) < 4.78 is 20.2. The normalized spacial score (nSPS) is 16.4. The molecule has 1 aliphatic rings. The third kappa shape index (κ3) is 5.46. The predicted octanol–water partition coefficient (Wildman–Crippen LogP) is 6.69. The molecule has 4 aromatic rings. The van der Waals surface area contributed by atoms with E-state index in [2.05, 4.69) is 26.1 Å². The fourth-order valence-electron chi connectivity index (χ4n) is 4.50. The molecule has 41 heavy (non-hydrogen) atoms. The minimum atomic E-state index is -1.11. The average Bonchev–Trinajstić information content (AvgIpc) is 3.52. The molecule has 0 bridgehead atoms. The Morgan fingerprint density at radius 3 is 2.63 bits per heavy atom. The lowest BCUT2D eigenvalue weighted by atomic mass is 9.93. The summed E-state index contributed by atoms with van der Waals surface area (Å²) in [6, 6.07) is 13.8. The molecule has 2 heterocycles. The van der Waals surface area contributed by atoms with Gasteiger partial charge in [0.2, 0.25) is 5.13 Å². The van der Waals surface area contributed by atoms with E-state index in [-0.39, 0.29) is 44.0 Å². The maximum atomic E-state index is 14.1. The van der Waals surface area contributed by atoms with Gasteiger partial charge in [-0.3, -0.25) is 14.5 Å². The number of carbonyl (C=O) groups is 2. The monoisotopic (exact) mass is 655 g/mol.